The normalized spacial score (nSPS) is 28.4. The molecule has 0 saturated carbocycles. The van der Waals surface area contributed by atoms with Crippen molar-refractivity contribution in [2.75, 3.05) is 19.8 Å². The van der Waals surface area contributed by atoms with Crippen molar-refractivity contribution >= 4 is 11.9 Å². The van der Waals surface area contributed by atoms with Crippen LogP contribution in [0.4, 0.5) is 0 Å². The van der Waals surface area contributed by atoms with E-state index in [0.29, 0.717) is 25.3 Å². The van der Waals surface area contributed by atoms with Crippen LogP contribution in [-0.4, -0.2) is 47.7 Å². The van der Waals surface area contributed by atoms with Crippen molar-refractivity contribution < 1.29 is 19.4 Å². The Bertz CT molecular complexity index is 352. The van der Waals surface area contributed by atoms with E-state index in [-0.39, 0.29) is 11.9 Å². The third-order valence-electron chi connectivity index (χ3n) is 4.73. The molecule has 2 aliphatic rings. The first-order chi connectivity index (χ1) is 9.59. The molecule has 2 aliphatic heterocycles. The number of likely N-dealkylation sites (tertiary alicyclic amines) is 1. The van der Waals surface area contributed by atoms with Crippen LogP contribution in [-0.2, 0) is 14.3 Å². The molecule has 1 N–H and O–H groups in total. The van der Waals surface area contributed by atoms with E-state index in [4.69, 9.17) is 4.74 Å². The molecule has 2 rings (SSSR count). The maximum Gasteiger partial charge on any atom is 0.308 e. The Kier molecular flexibility index (Phi) is 5.40. The molecular weight excluding hydrogens is 258 g/mol. The Morgan fingerprint density at radius 1 is 1.25 bits per heavy atom. The van der Waals surface area contributed by atoms with Gasteiger partial charge in [0.15, 0.2) is 0 Å². The van der Waals surface area contributed by atoms with Gasteiger partial charge >= 0.3 is 5.97 Å². The van der Waals surface area contributed by atoms with Crippen LogP contribution in [0.5, 0.6) is 0 Å². The molecule has 2 atom stereocenters. The van der Waals surface area contributed by atoms with E-state index in [1.807, 2.05) is 6.92 Å². The van der Waals surface area contributed by atoms with Crippen molar-refractivity contribution in [3.63, 3.8) is 0 Å². The number of rotatable bonds is 4. The summed E-state index contributed by atoms with van der Waals surface area (Å²) in [6.45, 7) is 4.18. The number of piperidine rings is 1. The predicted octanol–water partition coefficient (Wildman–Crippen LogP) is 1.90. The summed E-state index contributed by atoms with van der Waals surface area (Å²) in [5.41, 5.74) is 0. The molecular formula is C15H25NO4. The Morgan fingerprint density at radius 2 is 1.95 bits per heavy atom. The Hall–Kier alpha value is -1.10. The lowest BCUT2D eigenvalue weighted by molar-refractivity contribution is -0.149. The van der Waals surface area contributed by atoms with Crippen molar-refractivity contribution in [1.29, 1.82) is 0 Å². The molecule has 0 aromatic rings. The molecule has 2 saturated heterocycles. The summed E-state index contributed by atoms with van der Waals surface area (Å²) in [4.78, 5) is 25.3. The van der Waals surface area contributed by atoms with Crippen molar-refractivity contribution in [3.05, 3.63) is 0 Å². The van der Waals surface area contributed by atoms with Crippen LogP contribution in [0.3, 0.4) is 0 Å². The van der Waals surface area contributed by atoms with Crippen LogP contribution in [0.2, 0.25) is 0 Å². The summed E-state index contributed by atoms with van der Waals surface area (Å²) in [5, 5.41) is 9.19. The number of carbonyl (C=O) groups is 2. The second-order valence-electron chi connectivity index (χ2n) is 6.01. The van der Waals surface area contributed by atoms with E-state index in [2.05, 4.69) is 0 Å². The first-order valence-electron chi connectivity index (χ1n) is 7.69. The minimum atomic E-state index is -0.778. The number of hydrogen-bond acceptors (Lipinski definition) is 3. The monoisotopic (exact) mass is 283 g/mol. The first-order valence-corrected chi connectivity index (χ1v) is 7.69. The molecule has 0 unspecified atom stereocenters. The van der Waals surface area contributed by atoms with Gasteiger partial charge in [-0.2, -0.15) is 0 Å². The summed E-state index contributed by atoms with van der Waals surface area (Å²) in [6.07, 6.45) is 5.01. The predicted molar refractivity (Wildman–Crippen MR) is 74.3 cm³/mol. The molecule has 0 aromatic carbocycles. The minimum absolute atomic E-state index is 0.120. The highest BCUT2D eigenvalue weighted by Gasteiger charge is 2.35. The lowest BCUT2D eigenvalue weighted by atomic mass is 9.89. The summed E-state index contributed by atoms with van der Waals surface area (Å²) in [7, 11) is 0. The number of ether oxygens (including phenoxy) is 1. The average Bonchev–Trinajstić information content (AvgIpc) is 2.46. The summed E-state index contributed by atoms with van der Waals surface area (Å²) >= 11 is 0. The van der Waals surface area contributed by atoms with Gasteiger partial charge in [0.25, 0.3) is 0 Å². The maximum absolute atomic E-state index is 12.3. The van der Waals surface area contributed by atoms with Crippen LogP contribution >= 0.6 is 0 Å². The molecule has 0 aromatic heterocycles. The third-order valence-corrected chi connectivity index (χ3v) is 4.73. The van der Waals surface area contributed by atoms with E-state index < -0.39 is 11.9 Å². The van der Waals surface area contributed by atoms with Gasteiger partial charge in [-0.1, -0.05) is 0 Å². The number of carboxylic acid groups (broad SMARTS) is 1. The zero-order valence-electron chi connectivity index (χ0n) is 12.2. The number of hydrogen-bond donors (Lipinski definition) is 1. The van der Waals surface area contributed by atoms with Gasteiger partial charge in [-0.25, -0.2) is 0 Å². The van der Waals surface area contributed by atoms with Gasteiger partial charge in [-0.3, -0.25) is 9.59 Å². The minimum Gasteiger partial charge on any atom is -0.481 e. The van der Waals surface area contributed by atoms with Crippen LogP contribution in [0, 0.1) is 11.8 Å². The maximum atomic E-state index is 12.3. The molecule has 20 heavy (non-hydrogen) atoms. The first kappa shape index (κ1) is 15.3. The second kappa shape index (κ2) is 7.07. The number of aliphatic carboxylic acids is 1. The van der Waals surface area contributed by atoms with Gasteiger partial charge in [-0.15, -0.1) is 0 Å². The molecule has 5 nitrogen and oxygen atoms in total. The molecule has 0 radical (unpaired) electrons. The fourth-order valence-electron chi connectivity index (χ4n) is 3.33. The molecule has 2 fully saturated rings. The summed E-state index contributed by atoms with van der Waals surface area (Å²) < 4.78 is 5.32. The van der Waals surface area contributed by atoms with Gasteiger partial charge in [0.1, 0.15) is 0 Å². The Labute approximate surface area is 120 Å². The Morgan fingerprint density at radius 3 is 2.60 bits per heavy atom. The second-order valence-corrected chi connectivity index (χ2v) is 6.01. The molecule has 0 bridgehead atoms. The lowest BCUT2D eigenvalue weighted by Crippen LogP contribution is -2.49. The van der Waals surface area contributed by atoms with Crippen LogP contribution < -0.4 is 0 Å². The van der Waals surface area contributed by atoms with Crippen LogP contribution in [0.25, 0.3) is 0 Å². The molecule has 0 aliphatic carbocycles. The molecule has 1 amide bonds. The van der Waals surface area contributed by atoms with E-state index in [1.165, 1.54) is 0 Å². The van der Waals surface area contributed by atoms with Gasteiger partial charge < -0.3 is 14.7 Å². The molecule has 0 spiro atoms. The fraction of sp³-hybridized carbons (Fsp3) is 0.867. The highest BCUT2D eigenvalue weighted by molar-refractivity contribution is 5.78. The zero-order valence-corrected chi connectivity index (χ0v) is 12.2. The third kappa shape index (κ3) is 3.72. The summed E-state index contributed by atoms with van der Waals surface area (Å²) in [5.74, 6) is -0.479. The van der Waals surface area contributed by atoms with E-state index >= 15 is 0 Å². The fourth-order valence-corrected chi connectivity index (χ4v) is 3.33. The van der Waals surface area contributed by atoms with Crippen molar-refractivity contribution in [1.82, 2.24) is 4.90 Å². The number of nitrogens with zero attached hydrogens (tertiary/aromatic N) is 1. The topological polar surface area (TPSA) is 66.8 Å². The average molecular weight is 283 g/mol. The highest BCUT2D eigenvalue weighted by Crippen LogP contribution is 2.26. The van der Waals surface area contributed by atoms with E-state index in [9.17, 15) is 14.7 Å². The van der Waals surface area contributed by atoms with Crippen molar-refractivity contribution in [2.24, 2.45) is 11.8 Å². The lowest BCUT2D eigenvalue weighted by Gasteiger charge is -2.38. The van der Waals surface area contributed by atoms with E-state index in [1.54, 1.807) is 4.90 Å². The van der Waals surface area contributed by atoms with E-state index in [0.717, 1.165) is 38.9 Å². The zero-order chi connectivity index (χ0) is 14.5. The smallest absolute Gasteiger partial charge is 0.308 e. The largest absolute Gasteiger partial charge is 0.481 e. The quantitative estimate of drug-likeness (QED) is 0.855. The van der Waals surface area contributed by atoms with Gasteiger partial charge in [0.05, 0.1) is 5.92 Å². The van der Waals surface area contributed by atoms with Gasteiger partial charge in [-0.05, 0) is 44.9 Å². The molecule has 5 heteroatoms. The standard InChI is InChI=1S/C15H25NO4/c1-11-13(15(18)19)3-2-8-16(11)14(17)5-4-12-6-9-20-10-7-12/h11-13H,2-10H2,1H3,(H,18,19)/t11-,13-/m1/s1. The summed E-state index contributed by atoms with van der Waals surface area (Å²) in [6, 6.07) is -0.177. The van der Waals surface area contributed by atoms with Crippen molar-refractivity contribution in [2.45, 2.75) is 51.5 Å². The molecule has 2 heterocycles. The van der Waals surface area contributed by atoms with Gasteiger partial charge in [0, 0.05) is 32.2 Å². The Balaban J connectivity index is 1.83. The van der Waals surface area contributed by atoms with Crippen LogP contribution in [0.1, 0.15) is 45.4 Å². The van der Waals surface area contributed by atoms with Crippen molar-refractivity contribution in [3.8, 4) is 0 Å². The number of amides is 1. The van der Waals surface area contributed by atoms with Crippen LogP contribution in [0.15, 0.2) is 0 Å². The SMILES string of the molecule is C[C@@H]1[C@H](C(=O)O)CCCN1C(=O)CCC1CCOCC1. The number of carbonyl (C=O) groups excluding carboxylic acids is 1. The highest BCUT2D eigenvalue weighted by atomic mass is 16.5. The van der Waals surface area contributed by atoms with Gasteiger partial charge in [0.2, 0.25) is 5.91 Å². The number of carboxylic acids is 1. The molecule has 114 valence electrons.